The van der Waals surface area contributed by atoms with Crippen LogP contribution >= 0.6 is 11.6 Å². The largest absolute Gasteiger partial charge is 0.471 e. The zero-order chi connectivity index (χ0) is 17.0. The van der Waals surface area contributed by atoms with E-state index in [1.54, 1.807) is 0 Å². The second-order valence-corrected chi connectivity index (χ2v) is 4.45. The van der Waals surface area contributed by atoms with Gasteiger partial charge in [-0.3, -0.25) is 4.79 Å². The maximum atomic E-state index is 13.5. The molecule has 0 saturated carbocycles. The molecule has 2 rings (SSSR count). The third kappa shape index (κ3) is 4.66. The molecule has 0 aliphatic carbocycles. The Bertz CT molecular complexity index is 812. The molecule has 0 fully saturated rings. The Kier molecular flexibility index (Phi) is 4.81. The van der Waals surface area contributed by atoms with Gasteiger partial charge in [-0.1, -0.05) is 5.92 Å². The van der Waals surface area contributed by atoms with Gasteiger partial charge in [-0.15, -0.1) is 0 Å². The van der Waals surface area contributed by atoms with Crippen LogP contribution in [0.2, 0.25) is 5.28 Å². The zero-order valence-electron chi connectivity index (χ0n) is 11.1. The molecule has 0 aliphatic heterocycles. The van der Waals surface area contributed by atoms with E-state index in [4.69, 9.17) is 11.6 Å². The maximum absolute atomic E-state index is 13.5. The molecule has 2 aromatic rings. The molecule has 1 N–H and O–H groups in total. The standard InChI is InChI=1S/C14H6ClF4N3O/c15-13-20-6-5-9(21-13)3-1-8-2-4-10(16)11(7-8)22-12(23)14(17,18)19/h2,4-7H,(H,22,23). The fourth-order valence-corrected chi connectivity index (χ4v) is 1.58. The van der Waals surface area contributed by atoms with Gasteiger partial charge < -0.3 is 5.32 Å². The highest BCUT2D eigenvalue weighted by Gasteiger charge is 2.39. The van der Waals surface area contributed by atoms with Crippen molar-refractivity contribution in [2.75, 3.05) is 5.32 Å². The van der Waals surface area contributed by atoms with Crippen molar-refractivity contribution in [3.05, 3.63) is 52.8 Å². The molecule has 0 atom stereocenters. The average molecular weight is 344 g/mol. The highest BCUT2D eigenvalue weighted by molar-refractivity contribution is 6.28. The summed E-state index contributed by atoms with van der Waals surface area (Å²) in [7, 11) is 0. The van der Waals surface area contributed by atoms with Crippen LogP contribution in [-0.4, -0.2) is 22.1 Å². The first-order chi connectivity index (χ1) is 10.8. The molecule has 1 aromatic carbocycles. The van der Waals surface area contributed by atoms with Gasteiger partial charge in [0.15, 0.2) is 0 Å². The number of rotatable bonds is 1. The van der Waals surface area contributed by atoms with Crippen molar-refractivity contribution in [1.29, 1.82) is 0 Å². The summed E-state index contributed by atoms with van der Waals surface area (Å²) in [5, 5.41) is 1.42. The molecular formula is C14H6ClF4N3O. The van der Waals surface area contributed by atoms with Crippen LogP contribution in [0.25, 0.3) is 0 Å². The number of nitrogens with one attached hydrogen (secondary N) is 1. The number of anilines is 1. The van der Waals surface area contributed by atoms with Crippen LogP contribution in [-0.2, 0) is 4.79 Å². The Morgan fingerprint density at radius 2 is 1.96 bits per heavy atom. The second-order valence-electron chi connectivity index (χ2n) is 4.11. The molecular weight excluding hydrogens is 338 g/mol. The summed E-state index contributed by atoms with van der Waals surface area (Å²) < 4.78 is 50.0. The van der Waals surface area contributed by atoms with E-state index in [1.165, 1.54) is 23.6 Å². The predicted molar refractivity (Wildman–Crippen MR) is 74.1 cm³/mol. The van der Waals surface area contributed by atoms with Gasteiger partial charge in [-0.25, -0.2) is 14.4 Å². The molecule has 0 spiro atoms. The van der Waals surface area contributed by atoms with E-state index in [2.05, 4.69) is 21.8 Å². The summed E-state index contributed by atoms with van der Waals surface area (Å²) in [6, 6.07) is 4.58. The van der Waals surface area contributed by atoms with Crippen molar-refractivity contribution in [2.45, 2.75) is 6.18 Å². The van der Waals surface area contributed by atoms with Gasteiger partial charge in [0.25, 0.3) is 0 Å². The summed E-state index contributed by atoms with van der Waals surface area (Å²) in [6.45, 7) is 0. The summed E-state index contributed by atoms with van der Waals surface area (Å²) in [5.41, 5.74) is -0.173. The zero-order valence-corrected chi connectivity index (χ0v) is 11.8. The second kappa shape index (κ2) is 6.62. The Hall–Kier alpha value is -2.66. The summed E-state index contributed by atoms with van der Waals surface area (Å²) in [6.07, 6.45) is -3.75. The van der Waals surface area contributed by atoms with Crippen molar-refractivity contribution in [3.8, 4) is 11.8 Å². The van der Waals surface area contributed by atoms with E-state index >= 15 is 0 Å². The number of halogens is 5. The fraction of sp³-hybridized carbons (Fsp3) is 0.0714. The van der Waals surface area contributed by atoms with Gasteiger partial charge in [0.05, 0.1) is 5.69 Å². The fourth-order valence-electron chi connectivity index (χ4n) is 1.43. The molecule has 23 heavy (non-hydrogen) atoms. The first-order valence-corrected chi connectivity index (χ1v) is 6.32. The predicted octanol–water partition coefficient (Wildman–Crippen LogP) is 3.17. The molecule has 0 unspecified atom stereocenters. The van der Waals surface area contributed by atoms with Gasteiger partial charge in [-0.05, 0) is 41.8 Å². The Morgan fingerprint density at radius 1 is 1.22 bits per heavy atom. The van der Waals surface area contributed by atoms with Gasteiger partial charge in [-0.2, -0.15) is 13.2 Å². The Balaban J connectivity index is 2.26. The summed E-state index contributed by atoms with van der Waals surface area (Å²) >= 11 is 5.58. The number of amides is 1. The van der Waals surface area contributed by atoms with Crippen LogP contribution in [0.4, 0.5) is 23.2 Å². The number of hydrogen-bond acceptors (Lipinski definition) is 3. The van der Waals surface area contributed by atoms with Crippen LogP contribution in [0, 0.1) is 17.7 Å². The van der Waals surface area contributed by atoms with Crippen LogP contribution < -0.4 is 5.32 Å². The third-order valence-electron chi connectivity index (χ3n) is 2.43. The van der Waals surface area contributed by atoms with E-state index in [9.17, 15) is 22.4 Å². The lowest BCUT2D eigenvalue weighted by Crippen LogP contribution is -2.30. The minimum atomic E-state index is -5.12. The van der Waals surface area contributed by atoms with Gasteiger partial charge in [0.1, 0.15) is 11.5 Å². The minimum Gasteiger partial charge on any atom is -0.316 e. The average Bonchev–Trinajstić information content (AvgIpc) is 2.47. The van der Waals surface area contributed by atoms with Crippen LogP contribution in [0.15, 0.2) is 30.5 Å². The first kappa shape index (κ1) is 16.7. The molecule has 1 amide bonds. The number of carbonyl (C=O) groups excluding carboxylic acids is 1. The number of hydrogen-bond donors (Lipinski definition) is 1. The van der Waals surface area contributed by atoms with Gasteiger partial charge in [0.2, 0.25) is 5.28 Å². The Labute approximate surface area is 132 Å². The minimum absolute atomic E-state index is 0.0194. The Morgan fingerprint density at radius 3 is 2.61 bits per heavy atom. The van der Waals surface area contributed by atoms with Crippen molar-refractivity contribution >= 4 is 23.2 Å². The maximum Gasteiger partial charge on any atom is 0.471 e. The third-order valence-corrected chi connectivity index (χ3v) is 2.62. The van der Waals surface area contributed by atoms with Crippen LogP contribution in [0.5, 0.6) is 0 Å². The monoisotopic (exact) mass is 343 g/mol. The highest BCUT2D eigenvalue weighted by Crippen LogP contribution is 2.21. The van der Waals surface area contributed by atoms with Crippen molar-refractivity contribution in [1.82, 2.24) is 9.97 Å². The van der Waals surface area contributed by atoms with E-state index in [-0.39, 0.29) is 16.5 Å². The number of benzene rings is 1. The lowest BCUT2D eigenvalue weighted by atomic mass is 10.2. The van der Waals surface area contributed by atoms with E-state index < -0.39 is 23.6 Å². The van der Waals surface area contributed by atoms with Gasteiger partial charge >= 0.3 is 12.1 Å². The number of carbonyl (C=O) groups is 1. The lowest BCUT2D eigenvalue weighted by Gasteiger charge is -2.08. The highest BCUT2D eigenvalue weighted by atomic mass is 35.5. The molecule has 0 radical (unpaired) electrons. The summed E-state index contributed by atoms with van der Waals surface area (Å²) in [4.78, 5) is 18.3. The lowest BCUT2D eigenvalue weighted by molar-refractivity contribution is -0.167. The number of aromatic nitrogens is 2. The summed E-state index contributed by atoms with van der Waals surface area (Å²) in [5.74, 6) is 1.87. The molecule has 9 heteroatoms. The number of alkyl halides is 3. The smallest absolute Gasteiger partial charge is 0.316 e. The van der Waals surface area contributed by atoms with Crippen molar-refractivity contribution in [2.24, 2.45) is 0 Å². The van der Waals surface area contributed by atoms with E-state index in [1.807, 2.05) is 0 Å². The molecule has 1 heterocycles. The molecule has 0 saturated heterocycles. The first-order valence-electron chi connectivity index (χ1n) is 5.94. The SMILES string of the molecule is O=C(Nc1cc(C#Cc2ccnc(Cl)n2)ccc1F)C(F)(F)F. The van der Waals surface area contributed by atoms with Gasteiger partial charge in [0, 0.05) is 11.8 Å². The van der Waals surface area contributed by atoms with Crippen LogP contribution in [0.3, 0.4) is 0 Å². The van der Waals surface area contributed by atoms with E-state index in [0.717, 1.165) is 12.1 Å². The van der Waals surface area contributed by atoms with Crippen LogP contribution in [0.1, 0.15) is 11.3 Å². The topological polar surface area (TPSA) is 54.9 Å². The molecule has 0 aliphatic rings. The molecule has 4 nitrogen and oxygen atoms in total. The number of nitrogens with zero attached hydrogens (tertiary/aromatic N) is 2. The molecule has 1 aromatic heterocycles. The quantitative estimate of drug-likeness (QED) is 0.491. The molecule has 0 bridgehead atoms. The van der Waals surface area contributed by atoms with E-state index in [0.29, 0.717) is 0 Å². The van der Waals surface area contributed by atoms with Crippen molar-refractivity contribution < 1.29 is 22.4 Å². The molecule has 118 valence electrons. The normalized spacial score (nSPS) is 10.7. The van der Waals surface area contributed by atoms with Crippen molar-refractivity contribution in [3.63, 3.8) is 0 Å².